The lowest BCUT2D eigenvalue weighted by molar-refractivity contribution is 0.0531. The van der Waals surface area contributed by atoms with Gasteiger partial charge < -0.3 is 14.5 Å². The molecule has 0 unspecified atom stereocenters. The van der Waals surface area contributed by atoms with Crippen LogP contribution in [0.2, 0.25) is 0 Å². The number of nitrogens with one attached hydrogen (secondary N) is 1. The van der Waals surface area contributed by atoms with Crippen LogP contribution in [0.5, 0.6) is 0 Å². The Hall–Kier alpha value is -2.50. The van der Waals surface area contributed by atoms with Gasteiger partial charge in [-0.2, -0.15) is 0 Å². The van der Waals surface area contributed by atoms with E-state index in [2.05, 4.69) is 25.5 Å². The van der Waals surface area contributed by atoms with Crippen LogP contribution in [-0.4, -0.2) is 32.7 Å². The van der Waals surface area contributed by atoms with E-state index in [0.29, 0.717) is 23.2 Å². The standard InChI is InChI=1S/C17H15N5O3S3/c1-3-24-15(23)12-9(2)11-13(26-12)19-8-20-14(11)27-17-22-21-16(28-17)18-7-10-5-4-6-25-10/h4-6,8H,3,7H2,1-2H3,(H,18,21). The molecule has 0 aliphatic carbocycles. The van der Waals surface area contributed by atoms with Crippen molar-refractivity contribution in [1.82, 2.24) is 20.2 Å². The first-order valence-corrected chi connectivity index (χ1v) is 10.8. The fourth-order valence-corrected chi connectivity index (χ4v) is 5.41. The van der Waals surface area contributed by atoms with Crippen LogP contribution in [-0.2, 0) is 11.3 Å². The molecule has 0 spiro atoms. The average molecular weight is 434 g/mol. The molecule has 1 N–H and O–H groups in total. The third kappa shape index (κ3) is 3.86. The van der Waals surface area contributed by atoms with Gasteiger partial charge in [-0.3, -0.25) is 0 Å². The van der Waals surface area contributed by atoms with Crippen LogP contribution in [0.15, 0.2) is 38.5 Å². The largest absolute Gasteiger partial charge is 0.467 e. The van der Waals surface area contributed by atoms with Crippen LogP contribution in [0.1, 0.15) is 27.9 Å². The molecule has 0 bridgehead atoms. The van der Waals surface area contributed by atoms with Crippen LogP contribution in [0.3, 0.4) is 0 Å². The lowest BCUT2D eigenvalue weighted by Gasteiger charge is -2.01. The molecule has 0 radical (unpaired) electrons. The fraction of sp³-hybridized carbons (Fsp3) is 0.235. The van der Waals surface area contributed by atoms with Crippen molar-refractivity contribution in [3.63, 3.8) is 0 Å². The van der Waals surface area contributed by atoms with Gasteiger partial charge in [0, 0.05) is 5.39 Å². The second-order valence-electron chi connectivity index (χ2n) is 5.54. The number of furan rings is 1. The summed E-state index contributed by atoms with van der Waals surface area (Å²) < 4.78 is 11.2. The van der Waals surface area contributed by atoms with Gasteiger partial charge in [0.15, 0.2) is 4.34 Å². The normalized spacial score (nSPS) is 11.1. The number of esters is 1. The summed E-state index contributed by atoms with van der Waals surface area (Å²) in [4.78, 5) is 22.2. The highest BCUT2D eigenvalue weighted by Gasteiger charge is 2.21. The van der Waals surface area contributed by atoms with Crippen molar-refractivity contribution in [3.8, 4) is 0 Å². The first-order chi connectivity index (χ1) is 13.7. The van der Waals surface area contributed by atoms with Crippen molar-refractivity contribution < 1.29 is 13.9 Å². The number of anilines is 1. The summed E-state index contributed by atoms with van der Waals surface area (Å²) in [6.07, 6.45) is 3.12. The Morgan fingerprint density at radius 3 is 3.00 bits per heavy atom. The number of aromatic nitrogens is 4. The zero-order valence-corrected chi connectivity index (χ0v) is 17.4. The zero-order valence-electron chi connectivity index (χ0n) is 15.0. The number of ether oxygens (including phenoxy) is 1. The van der Waals surface area contributed by atoms with Crippen LogP contribution in [0.25, 0.3) is 10.2 Å². The Morgan fingerprint density at radius 2 is 2.21 bits per heavy atom. The molecule has 0 atom stereocenters. The molecule has 144 valence electrons. The second kappa shape index (κ2) is 8.25. The summed E-state index contributed by atoms with van der Waals surface area (Å²) in [5.41, 5.74) is 0.822. The van der Waals surface area contributed by atoms with Gasteiger partial charge >= 0.3 is 5.97 Å². The predicted molar refractivity (Wildman–Crippen MR) is 108 cm³/mol. The lowest BCUT2D eigenvalue weighted by atomic mass is 10.2. The van der Waals surface area contributed by atoms with E-state index in [1.165, 1.54) is 40.8 Å². The molecule has 0 saturated carbocycles. The van der Waals surface area contributed by atoms with Gasteiger partial charge in [-0.05, 0) is 43.3 Å². The topological polar surface area (TPSA) is 103 Å². The van der Waals surface area contributed by atoms with E-state index < -0.39 is 0 Å². The van der Waals surface area contributed by atoms with Crippen molar-refractivity contribution in [3.05, 3.63) is 40.9 Å². The van der Waals surface area contributed by atoms with Crippen LogP contribution in [0, 0.1) is 6.92 Å². The second-order valence-corrected chi connectivity index (χ2v) is 8.76. The Kier molecular flexibility index (Phi) is 5.55. The summed E-state index contributed by atoms with van der Waals surface area (Å²) in [6, 6.07) is 3.73. The molecule has 4 aromatic rings. The van der Waals surface area contributed by atoms with Crippen molar-refractivity contribution >= 4 is 55.8 Å². The third-order valence-electron chi connectivity index (χ3n) is 3.74. The van der Waals surface area contributed by atoms with Crippen LogP contribution in [0.4, 0.5) is 5.13 Å². The minimum Gasteiger partial charge on any atom is -0.467 e. The highest BCUT2D eigenvalue weighted by atomic mass is 32.2. The molecule has 0 aliphatic rings. The first-order valence-electron chi connectivity index (χ1n) is 8.34. The van der Waals surface area contributed by atoms with Crippen molar-refractivity contribution in [1.29, 1.82) is 0 Å². The zero-order chi connectivity index (χ0) is 19.5. The highest BCUT2D eigenvalue weighted by Crippen LogP contribution is 2.39. The SMILES string of the molecule is CCOC(=O)c1sc2ncnc(Sc3nnc(NCc4ccco4)s3)c2c1C. The molecule has 4 heterocycles. The number of carbonyl (C=O) groups excluding carboxylic acids is 1. The molecule has 0 aliphatic heterocycles. The molecule has 11 heteroatoms. The highest BCUT2D eigenvalue weighted by molar-refractivity contribution is 8.01. The average Bonchev–Trinajstić information content (AvgIpc) is 3.41. The number of carbonyl (C=O) groups is 1. The van der Waals surface area contributed by atoms with E-state index in [9.17, 15) is 4.79 Å². The quantitative estimate of drug-likeness (QED) is 0.336. The number of fused-ring (bicyclic) bond motifs is 1. The number of rotatable bonds is 7. The maximum atomic E-state index is 12.2. The van der Waals surface area contributed by atoms with Crippen molar-refractivity contribution in [2.75, 3.05) is 11.9 Å². The lowest BCUT2D eigenvalue weighted by Crippen LogP contribution is -2.03. The maximum Gasteiger partial charge on any atom is 0.348 e. The van der Waals surface area contributed by atoms with Gasteiger partial charge in [0.1, 0.15) is 26.8 Å². The van der Waals surface area contributed by atoms with Gasteiger partial charge in [-0.25, -0.2) is 14.8 Å². The molecule has 4 rings (SSSR count). The summed E-state index contributed by atoms with van der Waals surface area (Å²) in [6.45, 7) is 4.54. The molecule has 4 aromatic heterocycles. The Labute approximate surface area is 172 Å². The maximum absolute atomic E-state index is 12.2. The molecule has 0 aromatic carbocycles. The predicted octanol–water partition coefficient (Wildman–Crippen LogP) is 4.38. The van der Waals surface area contributed by atoms with E-state index in [-0.39, 0.29) is 5.97 Å². The van der Waals surface area contributed by atoms with Gasteiger partial charge in [-0.1, -0.05) is 11.3 Å². The van der Waals surface area contributed by atoms with Crippen LogP contribution >= 0.6 is 34.4 Å². The smallest absolute Gasteiger partial charge is 0.348 e. The third-order valence-corrected chi connectivity index (χ3v) is 6.85. The molecule has 8 nitrogen and oxygen atoms in total. The van der Waals surface area contributed by atoms with E-state index >= 15 is 0 Å². The number of hydrogen-bond acceptors (Lipinski definition) is 11. The molecule has 0 fully saturated rings. The molecular weight excluding hydrogens is 418 g/mol. The monoisotopic (exact) mass is 433 g/mol. The Morgan fingerprint density at radius 1 is 1.32 bits per heavy atom. The number of thiophene rings is 1. The minimum absolute atomic E-state index is 0.332. The van der Waals surface area contributed by atoms with E-state index in [4.69, 9.17) is 9.15 Å². The molecular formula is C17H15N5O3S3. The molecule has 0 amide bonds. The van der Waals surface area contributed by atoms with Crippen molar-refractivity contribution in [2.24, 2.45) is 0 Å². The van der Waals surface area contributed by atoms with Crippen LogP contribution < -0.4 is 5.32 Å². The van der Waals surface area contributed by atoms with E-state index in [0.717, 1.165) is 30.9 Å². The number of aryl methyl sites for hydroxylation is 1. The first kappa shape index (κ1) is 18.8. The van der Waals surface area contributed by atoms with Gasteiger partial charge in [0.2, 0.25) is 5.13 Å². The molecule has 0 saturated heterocycles. The van der Waals surface area contributed by atoms with Gasteiger partial charge in [0.25, 0.3) is 0 Å². The number of hydrogen-bond donors (Lipinski definition) is 1. The Balaban J connectivity index is 1.55. The Bertz CT molecular complexity index is 1110. The van der Waals surface area contributed by atoms with Gasteiger partial charge in [-0.15, -0.1) is 21.5 Å². The van der Waals surface area contributed by atoms with E-state index in [1.54, 1.807) is 13.2 Å². The summed E-state index contributed by atoms with van der Waals surface area (Å²) in [5, 5.41) is 13.8. The summed E-state index contributed by atoms with van der Waals surface area (Å²) in [7, 11) is 0. The number of nitrogens with zero attached hydrogens (tertiary/aromatic N) is 4. The van der Waals surface area contributed by atoms with Gasteiger partial charge in [0.05, 0.1) is 19.4 Å². The summed E-state index contributed by atoms with van der Waals surface area (Å²) >= 11 is 4.14. The summed E-state index contributed by atoms with van der Waals surface area (Å²) in [5.74, 6) is 0.488. The van der Waals surface area contributed by atoms with E-state index in [1.807, 2.05) is 19.1 Å². The fourth-order valence-electron chi connectivity index (χ4n) is 2.49. The van der Waals surface area contributed by atoms with Crippen molar-refractivity contribution in [2.45, 2.75) is 29.8 Å². The molecule has 28 heavy (non-hydrogen) atoms. The minimum atomic E-state index is -0.334.